The van der Waals surface area contributed by atoms with Gasteiger partial charge in [-0.1, -0.05) is 24.3 Å². The van der Waals surface area contributed by atoms with E-state index in [4.69, 9.17) is 10.5 Å². The van der Waals surface area contributed by atoms with Gasteiger partial charge in [0.05, 0.1) is 11.4 Å². The predicted molar refractivity (Wildman–Crippen MR) is 99.7 cm³/mol. The molecule has 0 saturated carbocycles. The summed E-state index contributed by atoms with van der Waals surface area (Å²) in [5.74, 6) is -0.460. The molecule has 142 valence electrons. The quantitative estimate of drug-likeness (QED) is 0.710. The van der Waals surface area contributed by atoms with Crippen LogP contribution >= 0.6 is 0 Å². The lowest BCUT2D eigenvalue weighted by Gasteiger charge is -2.23. The first-order valence-electron chi connectivity index (χ1n) is 8.66. The molecule has 2 amide bonds. The van der Waals surface area contributed by atoms with Crippen LogP contribution in [0.5, 0.6) is 5.75 Å². The van der Waals surface area contributed by atoms with Crippen molar-refractivity contribution in [2.24, 2.45) is 5.73 Å². The Morgan fingerprint density at radius 3 is 2.71 bits per heavy atom. The molecular formula is C20H17FN4O3. The van der Waals surface area contributed by atoms with E-state index < -0.39 is 11.7 Å². The Balaban J connectivity index is 1.67. The number of primary amides is 1. The number of fused-ring (bicyclic) bond motifs is 1. The van der Waals surface area contributed by atoms with E-state index in [9.17, 15) is 14.0 Å². The van der Waals surface area contributed by atoms with Crippen LogP contribution in [0.15, 0.2) is 54.9 Å². The third kappa shape index (κ3) is 3.32. The summed E-state index contributed by atoms with van der Waals surface area (Å²) in [5.41, 5.74) is 6.91. The van der Waals surface area contributed by atoms with E-state index in [0.717, 1.165) is 5.56 Å². The van der Waals surface area contributed by atoms with E-state index in [-0.39, 0.29) is 24.9 Å². The van der Waals surface area contributed by atoms with Crippen molar-refractivity contribution in [3.05, 3.63) is 71.9 Å². The molecule has 0 aliphatic carbocycles. The van der Waals surface area contributed by atoms with Crippen molar-refractivity contribution in [2.45, 2.75) is 12.3 Å². The maximum absolute atomic E-state index is 14.2. The highest BCUT2D eigenvalue weighted by molar-refractivity contribution is 5.94. The van der Waals surface area contributed by atoms with Gasteiger partial charge in [0.2, 0.25) is 5.91 Å². The van der Waals surface area contributed by atoms with E-state index in [1.807, 2.05) is 12.1 Å². The van der Waals surface area contributed by atoms with Gasteiger partial charge in [-0.2, -0.15) is 0 Å². The summed E-state index contributed by atoms with van der Waals surface area (Å²) >= 11 is 0. The molecule has 1 aliphatic heterocycles. The summed E-state index contributed by atoms with van der Waals surface area (Å²) in [4.78, 5) is 27.6. The van der Waals surface area contributed by atoms with Crippen molar-refractivity contribution in [2.75, 3.05) is 11.9 Å². The van der Waals surface area contributed by atoms with Crippen LogP contribution in [0.25, 0.3) is 5.69 Å². The molecule has 4 rings (SSSR count). The normalized spacial score (nSPS) is 15.6. The topological polar surface area (TPSA) is 99.2 Å². The van der Waals surface area contributed by atoms with Gasteiger partial charge in [-0.25, -0.2) is 9.37 Å². The van der Waals surface area contributed by atoms with Crippen LogP contribution in [0.2, 0.25) is 0 Å². The molecule has 28 heavy (non-hydrogen) atoms. The zero-order valence-corrected chi connectivity index (χ0v) is 14.8. The Morgan fingerprint density at radius 1 is 1.25 bits per heavy atom. The van der Waals surface area contributed by atoms with E-state index in [1.54, 1.807) is 34.9 Å². The Labute approximate surface area is 159 Å². The maximum atomic E-state index is 14.2. The van der Waals surface area contributed by atoms with Crippen LogP contribution < -0.4 is 15.8 Å². The van der Waals surface area contributed by atoms with E-state index in [0.29, 0.717) is 22.9 Å². The lowest BCUT2D eigenvalue weighted by molar-refractivity contribution is -0.120. The number of nitrogens with zero attached hydrogens (tertiary/aromatic N) is 2. The van der Waals surface area contributed by atoms with Gasteiger partial charge in [0.25, 0.3) is 5.91 Å². The number of carbonyl (C=O) groups is 2. The fourth-order valence-electron chi connectivity index (χ4n) is 3.26. The lowest BCUT2D eigenvalue weighted by atomic mass is 9.90. The minimum absolute atomic E-state index is 0.176. The first kappa shape index (κ1) is 17.7. The molecule has 3 N–H and O–H groups in total. The van der Waals surface area contributed by atoms with Crippen molar-refractivity contribution in [1.29, 1.82) is 0 Å². The van der Waals surface area contributed by atoms with Crippen molar-refractivity contribution in [3.8, 4) is 11.4 Å². The Hall–Kier alpha value is -3.68. The first-order chi connectivity index (χ1) is 13.5. The average molecular weight is 380 g/mol. The standard InChI is InChI=1S/C20H17FN4O3/c21-15-3-1-2-4-16(15)25-11-23-19-14(9-18(27)24-20(19)25)12-5-7-13(8-6-12)28-10-17(22)26/h1-8,11,14H,9-10H2,(H2,22,26)(H,24,27). The molecule has 1 unspecified atom stereocenters. The number of para-hydroxylation sites is 1. The number of nitrogens with two attached hydrogens (primary N) is 1. The number of anilines is 1. The maximum Gasteiger partial charge on any atom is 0.255 e. The highest BCUT2D eigenvalue weighted by Gasteiger charge is 2.31. The van der Waals surface area contributed by atoms with Gasteiger partial charge in [-0.3, -0.25) is 14.2 Å². The third-order valence-corrected chi connectivity index (χ3v) is 4.55. The predicted octanol–water partition coefficient (Wildman–Crippen LogP) is 2.35. The van der Waals surface area contributed by atoms with Crippen molar-refractivity contribution in [3.63, 3.8) is 0 Å². The van der Waals surface area contributed by atoms with E-state index in [2.05, 4.69) is 10.3 Å². The first-order valence-corrected chi connectivity index (χ1v) is 8.66. The second-order valence-corrected chi connectivity index (χ2v) is 6.43. The van der Waals surface area contributed by atoms with Gasteiger partial charge in [-0.05, 0) is 29.8 Å². The van der Waals surface area contributed by atoms with Crippen molar-refractivity contribution >= 4 is 17.6 Å². The van der Waals surface area contributed by atoms with Crippen LogP contribution in [0.1, 0.15) is 23.6 Å². The number of imidazole rings is 1. The van der Waals surface area contributed by atoms with Crippen LogP contribution in [-0.4, -0.2) is 28.0 Å². The average Bonchev–Trinajstić information content (AvgIpc) is 3.10. The summed E-state index contributed by atoms with van der Waals surface area (Å²) in [6.07, 6.45) is 1.73. The van der Waals surface area contributed by atoms with Crippen LogP contribution in [0.4, 0.5) is 10.2 Å². The molecule has 2 aromatic carbocycles. The van der Waals surface area contributed by atoms with Gasteiger partial charge >= 0.3 is 0 Å². The number of benzene rings is 2. The Bertz CT molecular complexity index is 1050. The Kier molecular flexibility index (Phi) is 4.52. The highest BCUT2D eigenvalue weighted by atomic mass is 19.1. The number of ether oxygens (including phenoxy) is 1. The smallest absolute Gasteiger partial charge is 0.255 e. The minimum atomic E-state index is -0.559. The molecule has 0 radical (unpaired) electrons. The fraction of sp³-hybridized carbons (Fsp3) is 0.150. The number of hydrogen-bond acceptors (Lipinski definition) is 4. The van der Waals surface area contributed by atoms with Crippen LogP contribution in [0.3, 0.4) is 0 Å². The molecular weight excluding hydrogens is 363 g/mol. The van der Waals surface area contributed by atoms with Gasteiger partial charge in [0.1, 0.15) is 23.7 Å². The monoisotopic (exact) mass is 380 g/mol. The molecule has 2 heterocycles. The molecule has 0 spiro atoms. The number of carbonyl (C=O) groups excluding carboxylic acids is 2. The third-order valence-electron chi connectivity index (χ3n) is 4.55. The number of aromatic nitrogens is 2. The second-order valence-electron chi connectivity index (χ2n) is 6.43. The molecule has 0 fully saturated rings. The number of halogens is 1. The highest BCUT2D eigenvalue weighted by Crippen LogP contribution is 2.38. The van der Waals surface area contributed by atoms with Gasteiger partial charge in [-0.15, -0.1) is 0 Å². The van der Waals surface area contributed by atoms with Gasteiger partial charge in [0.15, 0.2) is 6.61 Å². The lowest BCUT2D eigenvalue weighted by Crippen LogP contribution is -2.25. The van der Waals surface area contributed by atoms with Crippen molar-refractivity contribution in [1.82, 2.24) is 9.55 Å². The number of nitrogens with one attached hydrogen (secondary N) is 1. The van der Waals surface area contributed by atoms with Gasteiger partial charge < -0.3 is 15.8 Å². The molecule has 1 atom stereocenters. The van der Waals surface area contributed by atoms with Crippen LogP contribution in [0, 0.1) is 5.82 Å². The Morgan fingerprint density at radius 2 is 2.00 bits per heavy atom. The molecule has 8 heteroatoms. The summed E-state index contributed by atoms with van der Waals surface area (Å²) in [6, 6.07) is 13.3. The summed E-state index contributed by atoms with van der Waals surface area (Å²) in [6.45, 7) is -0.206. The molecule has 0 saturated heterocycles. The summed E-state index contributed by atoms with van der Waals surface area (Å²) in [5, 5.41) is 2.80. The zero-order valence-electron chi connectivity index (χ0n) is 14.8. The largest absolute Gasteiger partial charge is 0.484 e. The number of amides is 2. The second kappa shape index (κ2) is 7.15. The molecule has 3 aromatic rings. The summed E-state index contributed by atoms with van der Waals surface area (Å²) in [7, 11) is 0. The summed E-state index contributed by atoms with van der Waals surface area (Å²) < 4.78 is 21.0. The van der Waals surface area contributed by atoms with Gasteiger partial charge in [0, 0.05) is 12.3 Å². The van der Waals surface area contributed by atoms with E-state index in [1.165, 1.54) is 12.4 Å². The molecule has 0 bridgehead atoms. The molecule has 7 nitrogen and oxygen atoms in total. The minimum Gasteiger partial charge on any atom is -0.484 e. The molecule has 1 aliphatic rings. The number of rotatable bonds is 5. The fourth-order valence-corrected chi connectivity index (χ4v) is 3.26. The van der Waals surface area contributed by atoms with Crippen molar-refractivity contribution < 1.29 is 18.7 Å². The number of hydrogen-bond donors (Lipinski definition) is 2. The SMILES string of the molecule is NC(=O)COc1ccc(C2CC(=O)Nc3c2ncn3-c2ccccc2F)cc1. The zero-order chi connectivity index (χ0) is 19.7. The van der Waals surface area contributed by atoms with Crippen LogP contribution in [-0.2, 0) is 9.59 Å². The van der Waals surface area contributed by atoms with E-state index >= 15 is 0 Å². The molecule has 1 aromatic heterocycles.